The number of aromatic nitrogens is 1. The second kappa shape index (κ2) is 8.03. The van der Waals surface area contributed by atoms with E-state index in [2.05, 4.69) is 17.2 Å². The topological polar surface area (TPSA) is 101 Å². The van der Waals surface area contributed by atoms with Crippen LogP contribution in [-0.2, 0) is 4.74 Å². The zero-order chi connectivity index (χ0) is 15.1. The Morgan fingerprint density at radius 1 is 1.65 bits per heavy atom. The first-order valence-electron chi connectivity index (χ1n) is 6.42. The number of methoxy groups -OCH3 is 1. The molecule has 1 unspecified atom stereocenters. The van der Waals surface area contributed by atoms with E-state index >= 15 is 0 Å². The zero-order valence-corrected chi connectivity index (χ0v) is 12.9. The third kappa shape index (κ3) is 4.62. The van der Waals surface area contributed by atoms with Crippen LogP contribution < -0.4 is 16.0 Å². The highest BCUT2D eigenvalue weighted by molar-refractivity contribution is 7.18. The summed E-state index contributed by atoms with van der Waals surface area (Å²) in [5, 5.41) is 12.8. The maximum atomic E-state index is 12.0. The average molecular weight is 302 g/mol. The van der Waals surface area contributed by atoms with E-state index in [9.17, 15) is 9.90 Å². The number of amides is 1. The van der Waals surface area contributed by atoms with Crippen molar-refractivity contribution in [3.63, 3.8) is 0 Å². The smallest absolute Gasteiger partial charge is 0.265 e. The Morgan fingerprint density at radius 3 is 2.95 bits per heavy atom. The number of hydrogen-bond acceptors (Lipinski definition) is 7. The van der Waals surface area contributed by atoms with Gasteiger partial charge in [-0.15, -0.1) is 0 Å². The van der Waals surface area contributed by atoms with E-state index in [1.165, 1.54) is 18.4 Å². The number of thiazole rings is 1. The maximum absolute atomic E-state index is 12.0. The summed E-state index contributed by atoms with van der Waals surface area (Å²) >= 11 is 1.25. The first-order valence-corrected chi connectivity index (χ1v) is 7.23. The van der Waals surface area contributed by atoms with E-state index in [-0.39, 0.29) is 24.9 Å². The number of nitrogens with zero attached hydrogens (tertiary/aromatic N) is 2. The van der Waals surface area contributed by atoms with Gasteiger partial charge in [0, 0.05) is 27.2 Å². The summed E-state index contributed by atoms with van der Waals surface area (Å²) in [6, 6.07) is 0. The van der Waals surface area contributed by atoms with Crippen molar-refractivity contribution in [2.24, 2.45) is 0 Å². The summed E-state index contributed by atoms with van der Waals surface area (Å²) in [6.45, 7) is 3.20. The van der Waals surface area contributed by atoms with E-state index in [0.717, 1.165) is 13.0 Å². The van der Waals surface area contributed by atoms with Gasteiger partial charge in [-0.2, -0.15) is 0 Å². The number of aliphatic hydroxyl groups excluding tert-OH is 1. The lowest BCUT2D eigenvalue weighted by Crippen LogP contribution is -2.34. The van der Waals surface area contributed by atoms with Crippen molar-refractivity contribution in [2.45, 2.75) is 19.4 Å². The molecule has 1 aromatic rings. The summed E-state index contributed by atoms with van der Waals surface area (Å²) in [6.07, 6.45) is 0.251. The molecule has 0 radical (unpaired) electrons. The average Bonchev–Trinajstić information content (AvgIpc) is 2.79. The van der Waals surface area contributed by atoms with Crippen molar-refractivity contribution in [1.29, 1.82) is 0 Å². The third-order valence-corrected chi connectivity index (χ3v) is 3.78. The minimum Gasteiger partial charge on any atom is -0.389 e. The van der Waals surface area contributed by atoms with Gasteiger partial charge in [0.1, 0.15) is 10.7 Å². The largest absolute Gasteiger partial charge is 0.389 e. The molecule has 0 aliphatic heterocycles. The van der Waals surface area contributed by atoms with Gasteiger partial charge in [-0.3, -0.25) is 4.79 Å². The molecule has 7 nitrogen and oxygen atoms in total. The van der Waals surface area contributed by atoms with Crippen LogP contribution in [-0.4, -0.2) is 56.0 Å². The number of nitrogens with two attached hydrogens (primary N) is 1. The Labute approximate surface area is 122 Å². The molecule has 4 N–H and O–H groups in total. The highest BCUT2D eigenvalue weighted by Gasteiger charge is 2.18. The van der Waals surface area contributed by atoms with E-state index in [1.54, 1.807) is 0 Å². The number of anilines is 2. The molecule has 1 amide bonds. The number of hydrogen-bond donors (Lipinski definition) is 3. The molecule has 1 rings (SSSR count). The van der Waals surface area contributed by atoms with E-state index in [1.807, 2.05) is 11.9 Å². The van der Waals surface area contributed by atoms with Crippen LogP contribution in [0.25, 0.3) is 0 Å². The first kappa shape index (κ1) is 16.7. The van der Waals surface area contributed by atoms with E-state index < -0.39 is 6.10 Å². The molecule has 0 aliphatic rings. The molecule has 8 heteroatoms. The molecule has 0 aromatic carbocycles. The van der Waals surface area contributed by atoms with Crippen molar-refractivity contribution in [3.8, 4) is 0 Å². The van der Waals surface area contributed by atoms with Crippen molar-refractivity contribution in [1.82, 2.24) is 10.3 Å². The van der Waals surface area contributed by atoms with E-state index in [0.29, 0.717) is 10.0 Å². The molecule has 0 fully saturated rings. The SMILES string of the molecule is CCCN(C)c1nc(N)c(C(=O)NCC(O)COC)s1. The Kier molecular flexibility index (Phi) is 6.69. The van der Waals surface area contributed by atoms with Crippen molar-refractivity contribution in [3.05, 3.63) is 4.88 Å². The lowest BCUT2D eigenvalue weighted by atomic mass is 10.3. The Hall–Kier alpha value is -1.38. The summed E-state index contributed by atoms with van der Waals surface area (Å²) in [4.78, 5) is 18.5. The molecule has 20 heavy (non-hydrogen) atoms. The van der Waals surface area contributed by atoms with Crippen LogP contribution in [0.15, 0.2) is 0 Å². The first-order chi connectivity index (χ1) is 9.49. The number of carbonyl (C=O) groups excluding carboxylic acids is 1. The number of ether oxygens (including phenoxy) is 1. The quantitative estimate of drug-likeness (QED) is 0.639. The molecule has 0 saturated carbocycles. The monoisotopic (exact) mass is 302 g/mol. The van der Waals surface area contributed by atoms with Crippen LogP contribution in [0.1, 0.15) is 23.0 Å². The molecular formula is C12H22N4O3S. The summed E-state index contributed by atoms with van der Waals surface area (Å²) in [5.74, 6) is -0.113. The molecule has 114 valence electrons. The molecule has 0 aliphatic carbocycles. The lowest BCUT2D eigenvalue weighted by molar-refractivity contribution is 0.0611. The van der Waals surface area contributed by atoms with Crippen LogP contribution in [0, 0.1) is 0 Å². The van der Waals surface area contributed by atoms with Crippen molar-refractivity contribution in [2.75, 3.05) is 44.5 Å². The van der Waals surface area contributed by atoms with Crippen molar-refractivity contribution >= 4 is 28.2 Å². The van der Waals surface area contributed by atoms with Crippen LogP contribution in [0.5, 0.6) is 0 Å². The number of nitrogens with one attached hydrogen (secondary N) is 1. The van der Waals surface area contributed by atoms with E-state index in [4.69, 9.17) is 10.5 Å². The Balaban J connectivity index is 2.64. The Bertz CT molecular complexity index is 438. The van der Waals surface area contributed by atoms with Crippen molar-refractivity contribution < 1.29 is 14.6 Å². The molecule has 0 saturated heterocycles. The summed E-state index contributed by atoms with van der Waals surface area (Å²) < 4.78 is 4.79. The fourth-order valence-electron chi connectivity index (χ4n) is 1.62. The minimum atomic E-state index is -0.736. The minimum absolute atomic E-state index is 0.115. The number of rotatable bonds is 8. The fraction of sp³-hybridized carbons (Fsp3) is 0.667. The fourth-order valence-corrected chi connectivity index (χ4v) is 2.51. The molecule has 1 atom stereocenters. The normalized spacial score (nSPS) is 12.2. The molecule has 1 heterocycles. The van der Waals surface area contributed by atoms with Gasteiger partial charge in [-0.25, -0.2) is 4.98 Å². The summed E-state index contributed by atoms with van der Waals surface area (Å²) in [5.41, 5.74) is 5.77. The predicted octanol–water partition coefficient (Wildman–Crippen LogP) is 0.309. The maximum Gasteiger partial charge on any atom is 0.265 e. The standard InChI is InChI=1S/C12H22N4O3S/c1-4-5-16(2)12-15-10(13)9(20-12)11(18)14-6-8(17)7-19-3/h8,17H,4-7,13H2,1-3H3,(H,14,18). The molecule has 0 spiro atoms. The van der Waals surface area contributed by atoms with Gasteiger partial charge >= 0.3 is 0 Å². The molecular weight excluding hydrogens is 280 g/mol. The number of carbonyl (C=O) groups is 1. The molecule has 1 aromatic heterocycles. The van der Waals surface area contributed by atoms with Gasteiger partial charge in [0.15, 0.2) is 5.13 Å². The lowest BCUT2D eigenvalue weighted by Gasteiger charge is -2.13. The van der Waals surface area contributed by atoms with Gasteiger partial charge in [0.05, 0.1) is 12.7 Å². The molecule has 0 bridgehead atoms. The van der Waals surface area contributed by atoms with Gasteiger partial charge in [-0.1, -0.05) is 18.3 Å². The predicted molar refractivity (Wildman–Crippen MR) is 80.3 cm³/mol. The van der Waals surface area contributed by atoms with Gasteiger partial charge < -0.3 is 25.8 Å². The summed E-state index contributed by atoms with van der Waals surface area (Å²) in [7, 11) is 3.40. The van der Waals surface area contributed by atoms with Gasteiger partial charge in [0.25, 0.3) is 5.91 Å². The highest BCUT2D eigenvalue weighted by Crippen LogP contribution is 2.27. The van der Waals surface area contributed by atoms with Crippen LogP contribution in [0.3, 0.4) is 0 Å². The highest BCUT2D eigenvalue weighted by atomic mass is 32.1. The van der Waals surface area contributed by atoms with Gasteiger partial charge in [-0.05, 0) is 6.42 Å². The second-order valence-corrected chi connectivity index (χ2v) is 5.43. The van der Waals surface area contributed by atoms with Crippen LogP contribution in [0.2, 0.25) is 0 Å². The third-order valence-electron chi connectivity index (χ3n) is 2.59. The van der Waals surface area contributed by atoms with Crippen LogP contribution in [0.4, 0.5) is 10.9 Å². The van der Waals surface area contributed by atoms with Gasteiger partial charge in [0.2, 0.25) is 0 Å². The number of aliphatic hydroxyl groups is 1. The number of nitrogen functional groups attached to an aromatic ring is 1. The zero-order valence-electron chi connectivity index (χ0n) is 12.0. The Morgan fingerprint density at radius 2 is 2.35 bits per heavy atom. The second-order valence-electron chi connectivity index (χ2n) is 4.45. The van der Waals surface area contributed by atoms with Crippen LogP contribution >= 0.6 is 11.3 Å².